The molecule has 3 heterocycles. The fourth-order valence-corrected chi connectivity index (χ4v) is 4.34. The Hall–Kier alpha value is -2.47. The Balaban J connectivity index is 1.40. The average molecular weight is 395 g/mol. The Bertz CT molecular complexity index is 878. The largest absolute Gasteiger partial charge is 0.483 e. The van der Waals surface area contributed by atoms with E-state index in [0.717, 1.165) is 61.6 Å². The number of hydrogen-bond donors (Lipinski definition) is 0. The number of para-hydroxylation sites is 1. The van der Waals surface area contributed by atoms with Crippen LogP contribution in [0, 0.1) is 13.8 Å². The zero-order valence-corrected chi connectivity index (χ0v) is 17.6. The summed E-state index contributed by atoms with van der Waals surface area (Å²) in [6.07, 6.45) is 4.96. The monoisotopic (exact) mass is 394 g/mol. The molecule has 29 heavy (non-hydrogen) atoms. The molecule has 154 valence electrons. The van der Waals surface area contributed by atoms with Crippen molar-refractivity contribution in [3.8, 4) is 5.75 Å². The van der Waals surface area contributed by atoms with Gasteiger partial charge < -0.3 is 14.5 Å². The average Bonchev–Trinajstić information content (AvgIpc) is 2.73. The topological polar surface area (TPSA) is 58.6 Å². The van der Waals surface area contributed by atoms with E-state index >= 15 is 0 Å². The smallest absolute Gasteiger partial charge is 0.260 e. The van der Waals surface area contributed by atoms with Crippen LogP contribution in [0.15, 0.2) is 24.4 Å². The number of carbonyl (C=O) groups excluding carboxylic acids is 1. The highest BCUT2D eigenvalue weighted by Gasteiger charge is 2.28. The second-order valence-corrected chi connectivity index (χ2v) is 8.38. The van der Waals surface area contributed by atoms with Crippen LogP contribution in [0.2, 0.25) is 0 Å². The summed E-state index contributed by atoms with van der Waals surface area (Å²) < 4.78 is 5.88. The number of ether oxygens (including phenoxy) is 1. The summed E-state index contributed by atoms with van der Waals surface area (Å²) in [5.41, 5.74) is 4.52. The van der Waals surface area contributed by atoms with Gasteiger partial charge in [0.1, 0.15) is 11.6 Å². The summed E-state index contributed by atoms with van der Waals surface area (Å²) in [5.74, 6) is 1.95. The zero-order valence-electron chi connectivity index (χ0n) is 17.6. The van der Waals surface area contributed by atoms with Crippen molar-refractivity contribution in [2.24, 2.45) is 0 Å². The normalized spacial score (nSPS) is 19.7. The fourth-order valence-electron chi connectivity index (χ4n) is 4.34. The number of aryl methyl sites for hydroxylation is 2. The summed E-state index contributed by atoms with van der Waals surface area (Å²) in [7, 11) is 2.13. The van der Waals surface area contributed by atoms with Crippen LogP contribution < -0.4 is 4.74 Å². The lowest BCUT2D eigenvalue weighted by Crippen LogP contribution is -2.42. The number of fused-ring (bicyclic) bond motifs is 1. The van der Waals surface area contributed by atoms with Crippen molar-refractivity contribution in [1.82, 2.24) is 19.8 Å². The van der Waals surface area contributed by atoms with E-state index in [1.54, 1.807) is 0 Å². The third kappa shape index (κ3) is 4.42. The molecule has 6 heteroatoms. The van der Waals surface area contributed by atoms with Crippen molar-refractivity contribution in [3.05, 3.63) is 52.6 Å². The number of likely N-dealkylation sites (tertiary alicyclic amines) is 1. The van der Waals surface area contributed by atoms with Crippen molar-refractivity contribution in [2.75, 3.05) is 33.3 Å². The van der Waals surface area contributed by atoms with Gasteiger partial charge in [0.05, 0.1) is 0 Å². The third-order valence-electron chi connectivity index (χ3n) is 6.03. The molecule has 0 radical (unpaired) electrons. The SMILES string of the molecule is Cc1cccc(C)c1OCC(=O)N1CCC[C@@H](c2ncc3c(n2)CCN(C)C3)C1. The summed E-state index contributed by atoms with van der Waals surface area (Å²) in [6, 6.07) is 6.02. The quantitative estimate of drug-likeness (QED) is 0.798. The van der Waals surface area contributed by atoms with Gasteiger partial charge in [-0.25, -0.2) is 9.97 Å². The highest BCUT2D eigenvalue weighted by Crippen LogP contribution is 2.27. The Kier molecular flexibility index (Phi) is 5.81. The molecule has 1 fully saturated rings. The second-order valence-electron chi connectivity index (χ2n) is 8.38. The standard InChI is InChI=1S/C23H30N4O2/c1-16-6-4-7-17(2)22(16)29-15-21(28)27-10-5-8-18(14-27)23-24-12-19-13-26(3)11-9-20(19)25-23/h4,6-7,12,18H,5,8-11,13-15H2,1-3H3/t18-/m1/s1. The number of aromatic nitrogens is 2. The molecule has 6 nitrogen and oxygen atoms in total. The fraction of sp³-hybridized carbons (Fsp3) is 0.522. The van der Waals surface area contributed by atoms with E-state index in [-0.39, 0.29) is 18.4 Å². The summed E-state index contributed by atoms with van der Waals surface area (Å²) in [6.45, 7) is 7.50. The first-order chi connectivity index (χ1) is 14.0. The van der Waals surface area contributed by atoms with Gasteiger partial charge >= 0.3 is 0 Å². The molecular formula is C23H30N4O2. The number of nitrogens with zero attached hydrogens (tertiary/aromatic N) is 4. The highest BCUT2D eigenvalue weighted by atomic mass is 16.5. The molecule has 2 aliphatic rings. The van der Waals surface area contributed by atoms with Crippen LogP contribution in [0.5, 0.6) is 5.75 Å². The Morgan fingerprint density at radius 1 is 1.24 bits per heavy atom. The molecule has 1 amide bonds. The Morgan fingerprint density at radius 2 is 2.03 bits per heavy atom. The van der Waals surface area contributed by atoms with Gasteiger partial charge in [0.25, 0.3) is 5.91 Å². The lowest BCUT2D eigenvalue weighted by atomic mass is 9.96. The van der Waals surface area contributed by atoms with Gasteiger partial charge in [-0.15, -0.1) is 0 Å². The minimum Gasteiger partial charge on any atom is -0.483 e. The maximum Gasteiger partial charge on any atom is 0.260 e. The molecular weight excluding hydrogens is 364 g/mol. The van der Waals surface area contributed by atoms with E-state index < -0.39 is 0 Å². The van der Waals surface area contributed by atoms with Crippen molar-refractivity contribution >= 4 is 5.91 Å². The van der Waals surface area contributed by atoms with Gasteiger partial charge in [-0.3, -0.25) is 4.79 Å². The van der Waals surface area contributed by atoms with Crippen molar-refractivity contribution in [2.45, 2.75) is 45.6 Å². The van der Waals surface area contributed by atoms with Gasteiger partial charge in [-0.05, 0) is 44.9 Å². The second kappa shape index (κ2) is 8.49. The molecule has 0 N–H and O–H groups in total. The minimum absolute atomic E-state index is 0.0388. The van der Waals surface area contributed by atoms with Gasteiger partial charge in [0, 0.05) is 56.0 Å². The first-order valence-electron chi connectivity index (χ1n) is 10.5. The van der Waals surface area contributed by atoms with E-state index in [2.05, 4.69) is 16.9 Å². The molecule has 1 aromatic heterocycles. The third-order valence-corrected chi connectivity index (χ3v) is 6.03. The maximum atomic E-state index is 12.8. The van der Waals surface area contributed by atoms with Crippen molar-refractivity contribution in [1.29, 1.82) is 0 Å². The summed E-state index contributed by atoms with van der Waals surface area (Å²) >= 11 is 0. The zero-order chi connectivity index (χ0) is 20.4. The predicted octanol–water partition coefficient (Wildman–Crippen LogP) is 2.87. The van der Waals surface area contributed by atoms with E-state index in [0.29, 0.717) is 6.54 Å². The number of hydrogen-bond acceptors (Lipinski definition) is 5. The first kappa shape index (κ1) is 19.8. The number of carbonyl (C=O) groups is 1. The highest BCUT2D eigenvalue weighted by molar-refractivity contribution is 5.78. The van der Waals surface area contributed by atoms with Crippen LogP contribution in [0.25, 0.3) is 0 Å². The van der Waals surface area contributed by atoms with E-state index in [4.69, 9.17) is 9.72 Å². The van der Waals surface area contributed by atoms with E-state index in [9.17, 15) is 4.79 Å². The van der Waals surface area contributed by atoms with Gasteiger partial charge in [0.2, 0.25) is 0 Å². The van der Waals surface area contributed by atoms with Crippen LogP contribution in [-0.4, -0.2) is 59.0 Å². The van der Waals surface area contributed by atoms with Crippen LogP contribution in [0.3, 0.4) is 0 Å². The molecule has 0 bridgehead atoms. The van der Waals surface area contributed by atoms with Crippen LogP contribution in [0.1, 0.15) is 47.0 Å². The van der Waals surface area contributed by atoms with Gasteiger partial charge in [-0.2, -0.15) is 0 Å². The molecule has 1 atom stereocenters. The number of piperidine rings is 1. The molecule has 4 rings (SSSR count). The molecule has 0 aliphatic carbocycles. The first-order valence-corrected chi connectivity index (χ1v) is 10.5. The molecule has 0 spiro atoms. The lowest BCUT2D eigenvalue weighted by molar-refractivity contribution is -0.134. The van der Waals surface area contributed by atoms with E-state index in [1.165, 1.54) is 11.3 Å². The number of amides is 1. The minimum atomic E-state index is 0.0388. The molecule has 1 saturated heterocycles. The molecule has 1 aromatic carbocycles. The molecule has 0 unspecified atom stereocenters. The lowest BCUT2D eigenvalue weighted by Gasteiger charge is -2.32. The Labute approximate surface area is 172 Å². The molecule has 2 aromatic rings. The molecule has 2 aliphatic heterocycles. The molecule has 0 saturated carbocycles. The van der Waals surface area contributed by atoms with Crippen LogP contribution in [0.4, 0.5) is 0 Å². The number of benzene rings is 1. The van der Waals surface area contributed by atoms with Crippen LogP contribution in [-0.2, 0) is 17.8 Å². The predicted molar refractivity (Wildman–Crippen MR) is 112 cm³/mol. The number of rotatable bonds is 4. The van der Waals surface area contributed by atoms with E-state index in [1.807, 2.05) is 43.1 Å². The van der Waals surface area contributed by atoms with Gasteiger partial charge in [-0.1, -0.05) is 18.2 Å². The van der Waals surface area contributed by atoms with Crippen molar-refractivity contribution in [3.63, 3.8) is 0 Å². The maximum absolute atomic E-state index is 12.8. The Morgan fingerprint density at radius 3 is 2.83 bits per heavy atom. The number of likely N-dealkylation sites (N-methyl/N-ethyl adjacent to an activating group) is 1. The van der Waals surface area contributed by atoms with Gasteiger partial charge in [0.15, 0.2) is 6.61 Å². The summed E-state index contributed by atoms with van der Waals surface area (Å²) in [4.78, 5) is 26.5. The summed E-state index contributed by atoms with van der Waals surface area (Å²) in [5, 5.41) is 0. The van der Waals surface area contributed by atoms with Crippen molar-refractivity contribution < 1.29 is 9.53 Å². The van der Waals surface area contributed by atoms with Crippen LogP contribution >= 0.6 is 0 Å².